The number of benzene rings is 1. The maximum Gasteiger partial charge on any atom is 0.120 e. The fourth-order valence-corrected chi connectivity index (χ4v) is 2.53. The number of rotatable bonds is 1. The summed E-state index contributed by atoms with van der Waals surface area (Å²) in [7, 11) is 1.71. The molecule has 0 amide bonds. The van der Waals surface area contributed by atoms with Crippen molar-refractivity contribution in [1.29, 1.82) is 0 Å². The highest BCUT2D eigenvalue weighted by molar-refractivity contribution is 9.10. The molecule has 1 aliphatic rings. The van der Waals surface area contributed by atoms with Gasteiger partial charge >= 0.3 is 0 Å². The van der Waals surface area contributed by atoms with Gasteiger partial charge in [0, 0.05) is 4.47 Å². The molecule has 0 fully saturated rings. The summed E-state index contributed by atoms with van der Waals surface area (Å²) in [6.45, 7) is 2.13. The highest BCUT2D eigenvalue weighted by atomic mass is 79.9. The van der Waals surface area contributed by atoms with Crippen LogP contribution in [0, 0.1) is 0 Å². The number of halogens is 1. The summed E-state index contributed by atoms with van der Waals surface area (Å²) in [5, 5.41) is 3.40. The van der Waals surface area contributed by atoms with Crippen molar-refractivity contribution in [2.45, 2.75) is 12.8 Å². The van der Waals surface area contributed by atoms with Crippen LogP contribution in [0.15, 0.2) is 16.6 Å². The van der Waals surface area contributed by atoms with Crippen LogP contribution < -0.4 is 10.1 Å². The molecule has 1 heterocycles. The molecule has 0 saturated carbocycles. The molecule has 0 atom stereocenters. The standard InChI is InChI=1S/C11H14BrNO/c1-14-9-6-8-2-4-13-5-3-10(8)11(12)7-9/h6-7,13H,2-5H2,1H3. The van der Waals surface area contributed by atoms with Crippen molar-refractivity contribution in [1.82, 2.24) is 5.32 Å². The predicted octanol–water partition coefficient (Wildman–Crippen LogP) is 2.15. The summed E-state index contributed by atoms with van der Waals surface area (Å²) in [6.07, 6.45) is 2.19. The van der Waals surface area contributed by atoms with Crippen LogP contribution in [0.4, 0.5) is 0 Å². The zero-order chi connectivity index (χ0) is 9.97. The van der Waals surface area contributed by atoms with Gasteiger partial charge in [0.25, 0.3) is 0 Å². The van der Waals surface area contributed by atoms with Gasteiger partial charge in [0.15, 0.2) is 0 Å². The molecule has 1 aromatic rings. The van der Waals surface area contributed by atoms with Gasteiger partial charge in [-0.3, -0.25) is 0 Å². The van der Waals surface area contributed by atoms with Gasteiger partial charge in [0.05, 0.1) is 7.11 Å². The maximum absolute atomic E-state index is 5.25. The minimum absolute atomic E-state index is 0.942. The SMILES string of the molecule is COc1cc(Br)c2c(c1)CCNCC2. The van der Waals surface area contributed by atoms with E-state index in [-0.39, 0.29) is 0 Å². The Labute approximate surface area is 92.8 Å². The summed E-state index contributed by atoms with van der Waals surface area (Å²) in [5.74, 6) is 0.942. The average molecular weight is 256 g/mol. The topological polar surface area (TPSA) is 21.3 Å². The van der Waals surface area contributed by atoms with Crippen LogP contribution in [0.2, 0.25) is 0 Å². The molecular formula is C11H14BrNO. The minimum Gasteiger partial charge on any atom is -0.497 e. The minimum atomic E-state index is 0.942. The Morgan fingerprint density at radius 3 is 2.86 bits per heavy atom. The zero-order valence-electron chi connectivity index (χ0n) is 8.27. The van der Waals surface area contributed by atoms with Crippen molar-refractivity contribution < 1.29 is 4.74 Å². The fourth-order valence-electron chi connectivity index (χ4n) is 1.85. The predicted molar refractivity (Wildman–Crippen MR) is 61.0 cm³/mol. The quantitative estimate of drug-likeness (QED) is 0.831. The van der Waals surface area contributed by atoms with E-state index in [0.29, 0.717) is 0 Å². The van der Waals surface area contributed by atoms with Gasteiger partial charge in [-0.05, 0) is 49.2 Å². The molecule has 0 spiro atoms. The van der Waals surface area contributed by atoms with Gasteiger partial charge < -0.3 is 10.1 Å². The lowest BCUT2D eigenvalue weighted by atomic mass is 10.0. The van der Waals surface area contributed by atoms with Gasteiger partial charge in [-0.1, -0.05) is 15.9 Å². The molecule has 1 N–H and O–H groups in total. The number of ether oxygens (including phenoxy) is 1. The Balaban J connectivity index is 2.43. The Morgan fingerprint density at radius 2 is 2.07 bits per heavy atom. The van der Waals surface area contributed by atoms with E-state index in [0.717, 1.165) is 31.7 Å². The molecule has 76 valence electrons. The highest BCUT2D eigenvalue weighted by Gasteiger charge is 2.12. The summed E-state index contributed by atoms with van der Waals surface area (Å²) >= 11 is 3.60. The normalized spacial score (nSPS) is 15.9. The number of hydrogen-bond acceptors (Lipinski definition) is 2. The molecule has 0 aliphatic carbocycles. The first-order chi connectivity index (χ1) is 6.81. The lowest BCUT2D eigenvalue weighted by Crippen LogP contribution is -2.16. The number of hydrogen-bond donors (Lipinski definition) is 1. The number of nitrogens with one attached hydrogen (secondary N) is 1. The molecule has 0 aromatic heterocycles. The van der Waals surface area contributed by atoms with Gasteiger partial charge in [-0.2, -0.15) is 0 Å². The third-order valence-electron chi connectivity index (χ3n) is 2.62. The van der Waals surface area contributed by atoms with Crippen molar-refractivity contribution in [2.24, 2.45) is 0 Å². The molecule has 1 aromatic carbocycles. The maximum atomic E-state index is 5.25. The van der Waals surface area contributed by atoms with E-state index < -0.39 is 0 Å². The average Bonchev–Trinajstić information content (AvgIpc) is 2.42. The Morgan fingerprint density at radius 1 is 1.29 bits per heavy atom. The van der Waals surface area contributed by atoms with Gasteiger partial charge in [-0.15, -0.1) is 0 Å². The van der Waals surface area contributed by atoms with E-state index in [1.54, 1.807) is 7.11 Å². The van der Waals surface area contributed by atoms with Crippen LogP contribution >= 0.6 is 15.9 Å². The van der Waals surface area contributed by atoms with Crippen molar-refractivity contribution in [3.63, 3.8) is 0 Å². The summed E-state index contributed by atoms with van der Waals surface area (Å²) < 4.78 is 6.43. The lowest BCUT2D eigenvalue weighted by molar-refractivity contribution is 0.414. The molecule has 1 aliphatic heterocycles. The number of fused-ring (bicyclic) bond motifs is 1. The first kappa shape index (κ1) is 9.99. The molecule has 0 radical (unpaired) electrons. The summed E-state index contributed by atoms with van der Waals surface area (Å²) in [5.41, 5.74) is 2.83. The molecule has 2 nitrogen and oxygen atoms in total. The molecule has 0 unspecified atom stereocenters. The molecule has 0 bridgehead atoms. The van der Waals surface area contributed by atoms with Crippen LogP contribution in [0.3, 0.4) is 0 Å². The van der Waals surface area contributed by atoms with Gasteiger partial charge in [-0.25, -0.2) is 0 Å². The van der Waals surface area contributed by atoms with Crippen molar-refractivity contribution >= 4 is 15.9 Å². The van der Waals surface area contributed by atoms with Gasteiger partial charge in [0.1, 0.15) is 5.75 Å². The van der Waals surface area contributed by atoms with E-state index in [9.17, 15) is 0 Å². The second-order valence-corrected chi connectivity index (χ2v) is 4.35. The molecule has 3 heteroatoms. The largest absolute Gasteiger partial charge is 0.497 e. The van der Waals surface area contributed by atoms with Crippen molar-refractivity contribution in [3.05, 3.63) is 27.7 Å². The molecule has 0 saturated heterocycles. The lowest BCUT2D eigenvalue weighted by Gasteiger charge is -2.10. The fraction of sp³-hybridized carbons (Fsp3) is 0.455. The highest BCUT2D eigenvalue weighted by Crippen LogP contribution is 2.28. The third-order valence-corrected chi connectivity index (χ3v) is 3.33. The smallest absolute Gasteiger partial charge is 0.120 e. The van der Waals surface area contributed by atoms with Crippen molar-refractivity contribution in [3.8, 4) is 5.75 Å². The molecular weight excluding hydrogens is 242 g/mol. The van der Waals surface area contributed by atoms with E-state index in [4.69, 9.17) is 4.74 Å². The summed E-state index contributed by atoms with van der Waals surface area (Å²) in [4.78, 5) is 0. The van der Waals surface area contributed by atoms with Crippen LogP contribution in [-0.2, 0) is 12.8 Å². The van der Waals surface area contributed by atoms with Crippen LogP contribution in [0.5, 0.6) is 5.75 Å². The Kier molecular flexibility index (Phi) is 3.08. The van der Waals surface area contributed by atoms with E-state index in [1.807, 2.05) is 6.07 Å². The van der Waals surface area contributed by atoms with Crippen molar-refractivity contribution in [2.75, 3.05) is 20.2 Å². The van der Waals surface area contributed by atoms with E-state index in [2.05, 4.69) is 27.3 Å². The van der Waals surface area contributed by atoms with E-state index in [1.165, 1.54) is 15.6 Å². The van der Waals surface area contributed by atoms with Crippen LogP contribution in [0.25, 0.3) is 0 Å². The zero-order valence-corrected chi connectivity index (χ0v) is 9.86. The van der Waals surface area contributed by atoms with E-state index >= 15 is 0 Å². The molecule has 2 rings (SSSR count). The second kappa shape index (κ2) is 4.32. The first-order valence-electron chi connectivity index (χ1n) is 4.87. The Hall–Kier alpha value is -0.540. The van der Waals surface area contributed by atoms with Gasteiger partial charge in [0.2, 0.25) is 0 Å². The first-order valence-corrected chi connectivity index (χ1v) is 5.66. The second-order valence-electron chi connectivity index (χ2n) is 3.50. The summed E-state index contributed by atoms with van der Waals surface area (Å²) in [6, 6.07) is 4.19. The van der Waals surface area contributed by atoms with Crippen LogP contribution in [0.1, 0.15) is 11.1 Å². The monoisotopic (exact) mass is 255 g/mol. The Bertz CT molecular complexity index is 338. The third kappa shape index (κ3) is 1.93. The molecule has 14 heavy (non-hydrogen) atoms. The van der Waals surface area contributed by atoms with Crippen LogP contribution in [-0.4, -0.2) is 20.2 Å². The number of methoxy groups -OCH3 is 1.